The van der Waals surface area contributed by atoms with Crippen molar-refractivity contribution in [3.63, 3.8) is 0 Å². The maximum atomic E-state index is 13.2. The molecule has 0 bridgehead atoms. The lowest BCUT2D eigenvalue weighted by molar-refractivity contribution is -0.125. The van der Waals surface area contributed by atoms with E-state index < -0.39 is 0 Å². The molecule has 0 aliphatic carbocycles. The Labute approximate surface area is 173 Å². The molecule has 2 aromatic rings. The number of methoxy groups -OCH3 is 1. The van der Waals surface area contributed by atoms with Crippen molar-refractivity contribution in [1.29, 1.82) is 0 Å². The van der Waals surface area contributed by atoms with Crippen LogP contribution in [0.1, 0.15) is 40.4 Å². The standard InChI is InChI=1S/C22H22N2O4S/c1-28-18-9-7-16(8-10-18)19-6-3-11-23(19)21(26)17-5-2-4-15(12-17)13-24-20(25)14-29-22(24)27/h2,4-5,7-10,12,19H,3,6,11,13-14H2,1H3/t19-/m0/s1. The first kappa shape index (κ1) is 19.5. The Balaban J connectivity index is 1.52. The number of rotatable bonds is 5. The fourth-order valence-corrected chi connectivity index (χ4v) is 4.59. The van der Waals surface area contributed by atoms with Crippen molar-refractivity contribution in [2.24, 2.45) is 0 Å². The number of carbonyl (C=O) groups excluding carboxylic acids is 3. The van der Waals surface area contributed by atoms with Crippen molar-refractivity contribution in [1.82, 2.24) is 9.80 Å². The molecule has 2 aliphatic rings. The molecule has 1 atom stereocenters. The third kappa shape index (κ3) is 4.00. The molecule has 0 unspecified atom stereocenters. The molecule has 0 radical (unpaired) electrons. The minimum Gasteiger partial charge on any atom is -0.497 e. The van der Waals surface area contributed by atoms with Crippen molar-refractivity contribution in [2.45, 2.75) is 25.4 Å². The fourth-order valence-electron chi connectivity index (χ4n) is 3.87. The third-order valence-electron chi connectivity index (χ3n) is 5.37. The maximum Gasteiger partial charge on any atom is 0.289 e. The summed E-state index contributed by atoms with van der Waals surface area (Å²) in [6.07, 6.45) is 1.88. The van der Waals surface area contributed by atoms with E-state index in [1.807, 2.05) is 35.2 Å². The highest BCUT2D eigenvalue weighted by molar-refractivity contribution is 8.14. The van der Waals surface area contributed by atoms with Gasteiger partial charge in [0.2, 0.25) is 5.91 Å². The highest BCUT2D eigenvalue weighted by Gasteiger charge is 2.32. The number of hydrogen-bond donors (Lipinski definition) is 0. The summed E-state index contributed by atoms with van der Waals surface area (Å²) in [6.45, 7) is 0.910. The largest absolute Gasteiger partial charge is 0.497 e. The van der Waals surface area contributed by atoms with Gasteiger partial charge in [0.15, 0.2) is 0 Å². The SMILES string of the molecule is COc1ccc([C@@H]2CCCN2C(=O)c2cccc(CN3C(=O)CSC3=O)c2)cc1. The number of hydrogen-bond acceptors (Lipinski definition) is 5. The molecular weight excluding hydrogens is 388 g/mol. The van der Waals surface area contributed by atoms with E-state index in [0.717, 1.165) is 41.5 Å². The zero-order valence-corrected chi connectivity index (χ0v) is 17.0. The van der Waals surface area contributed by atoms with Crippen molar-refractivity contribution < 1.29 is 19.1 Å². The second-order valence-corrected chi connectivity index (χ2v) is 8.09. The van der Waals surface area contributed by atoms with Crippen LogP contribution in [-0.4, -0.2) is 46.3 Å². The average molecular weight is 410 g/mol. The molecule has 0 spiro atoms. The number of nitrogens with zero attached hydrogens (tertiary/aromatic N) is 2. The molecule has 3 amide bonds. The maximum absolute atomic E-state index is 13.2. The molecule has 2 heterocycles. The van der Waals surface area contributed by atoms with Crippen LogP contribution in [0.2, 0.25) is 0 Å². The van der Waals surface area contributed by atoms with Crippen LogP contribution in [0.5, 0.6) is 5.75 Å². The quantitative estimate of drug-likeness (QED) is 0.749. The van der Waals surface area contributed by atoms with Gasteiger partial charge in [0, 0.05) is 12.1 Å². The van der Waals surface area contributed by atoms with Gasteiger partial charge < -0.3 is 9.64 Å². The lowest BCUT2D eigenvalue weighted by Crippen LogP contribution is -2.31. The van der Waals surface area contributed by atoms with Crippen molar-refractivity contribution in [3.8, 4) is 5.75 Å². The van der Waals surface area contributed by atoms with E-state index in [1.54, 1.807) is 25.3 Å². The number of likely N-dealkylation sites (tertiary alicyclic amines) is 1. The Morgan fingerprint density at radius 1 is 1.17 bits per heavy atom. The first-order valence-corrected chi connectivity index (χ1v) is 10.6. The van der Waals surface area contributed by atoms with E-state index in [0.29, 0.717) is 12.1 Å². The Kier molecular flexibility index (Phi) is 5.58. The van der Waals surface area contributed by atoms with Crippen LogP contribution in [0.25, 0.3) is 0 Å². The van der Waals surface area contributed by atoms with E-state index in [1.165, 1.54) is 4.90 Å². The summed E-state index contributed by atoms with van der Waals surface area (Å²) in [7, 11) is 1.63. The van der Waals surface area contributed by atoms with Crippen LogP contribution in [0, 0.1) is 0 Å². The van der Waals surface area contributed by atoms with Crippen LogP contribution in [0.15, 0.2) is 48.5 Å². The highest BCUT2D eigenvalue weighted by atomic mass is 32.2. The summed E-state index contributed by atoms with van der Waals surface area (Å²) < 4.78 is 5.22. The van der Waals surface area contributed by atoms with Crippen LogP contribution < -0.4 is 4.74 Å². The number of amides is 3. The molecule has 29 heavy (non-hydrogen) atoms. The second kappa shape index (κ2) is 8.29. The van der Waals surface area contributed by atoms with E-state index in [2.05, 4.69) is 0 Å². The summed E-state index contributed by atoms with van der Waals surface area (Å²) in [4.78, 5) is 40.1. The van der Waals surface area contributed by atoms with E-state index in [9.17, 15) is 14.4 Å². The summed E-state index contributed by atoms with van der Waals surface area (Å²) in [5, 5.41) is -0.231. The number of benzene rings is 2. The van der Waals surface area contributed by atoms with Gasteiger partial charge in [-0.2, -0.15) is 0 Å². The molecule has 0 aromatic heterocycles. The van der Waals surface area contributed by atoms with Crippen LogP contribution >= 0.6 is 11.8 Å². The first-order valence-electron chi connectivity index (χ1n) is 9.58. The fraction of sp³-hybridized carbons (Fsp3) is 0.318. The summed E-state index contributed by atoms with van der Waals surface area (Å²) in [5.74, 6) is 0.769. The van der Waals surface area contributed by atoms with E-state index >= 15 is 0 Å². The predicted octanol–water partition coefficient (Wildman–Crippen LogP) is 3.87. The van der Waals surface area contributed by atoms with Gasteiger partial charge in [-0.3, -0.25) is 19.3 Å². The van der Waals surface area contributed by atoms with Crippen LogP contribution in [0.3, 0.4) is 0 Å². The average Bonchev–Trinajstić information content (AvgIpc) is 3.36. The smallest absolute Gasteiger partial charge is 0.289 e. The van der Waals surface area contributed by atoms with Gasteiger partial charge in [-0.05, 0) is 48.2 Å². The van der Waals surface area contributed by atoms with Gasteiger partial charge in [-0.15, -0.1) is 0 Å². The zero-order valence-electron chi connectivity index (χ0n) is 16.2. The second-order valence-electron chi connectivity index (χ2n) is 7.16. The molecule has 150 valence electrons. The Morgan fingerprint density at radius 3 is 2.66 bits per heavy atom. The van der Waals surface area contributed by atoms with Gasteiger partial charge in [-0.25, -0.2) is 0 Å². The predicted molar refractivity (Wildman–Crippen MR) is 111 cm³/mol. The number of thioether (sulfide) groups is 1. The van der Waals surface area contributed by atoms with Gasteiger partial charge in [0.05, 0.1) is 25.4 Å². The topological polar surface area (TPSA) is 66.9 Å². The molecule has 2 aromatic carbocycles. The van der Waals surface area contributed by atoms with Crippen molar-refractivity contribution >= 4 is 28.8 Å². The van der Waals surface area contributed by atoms with Gasteiger partial charge in [-0.1, -0.05) is 36.0 Å². The van der Waals surface area contributed by atoms with Gasteiger partial charge in [0.25, 0.3) is 11.1 Å². The number of carbonyl (C=O) groups is 3. The Morgan fingerprint density at radius 2 is 1.97 bits per heavy atom. The monoisotopic (exact) mass is 410 g/mol. The molecule has 0 saturated carbocycles. The number of imide groups is 1. The molecule has 2 saturated heterocycles. The molecule has 4 rings (SSSR count). The van der Waals surface area contributed by atoms with Crippen molar-refractivity contribution in [3.05, 3.63) is 65.2 Å². The van der Waals surface area contributed by atoms with E-state index in [4.69, 9.17) is 4.74 Å². The number of ether oxygens (including phenoxy) is 1. The first-order chi connectivity index (χ1) is 14.1. The normalized spacial score (nSPS) is 19.1. The molecule has 2 aliphatic heterocycles. The Bertz CT molecular complexity index is 928. The molecule has 2 fully saturated rings. The molecule has 7 heteroatoms. The minimum atomic E-state index is -0.231. The summed E-state index contributed by atoms with van der Waals surface area (Å²) in [5.41, 5.74) is 2.45. The van der Waals surface area contributed by atoms with Gasteiger partial charge in [0.1, 0.15) is 5.75 Å². The Hall–Kier alpha value is -2.80. The minimum absolute atomic E-state index is 0.0291. The van der Waals surface area contributed by atoms with Gasteiger partial charge >= 0.3 is 0 Å². The molecule has 6 nitrogen and oxygen atoms in total. The lowest BCUT2D eigenvalue weighted by Gasteiger charge is -2.25. The summed E-state index contributed by atoms with van der Waals surface area (Å²) >= 11 is 1.02. The molecule has 0 N–H and O–H groups in total. The third-order valence-corrected chi connectivity index (χ3v) is 6.23. The summed E-state index contributed by atoms with van der Waals surface area (Å²) in [6, 6.07) is 15.1. The lowest BCUT2D eigenvalue weighted by atomic mass is 10.0. The molecular formula is C22H22N2O4S. The van der Waals surface area contributed by atoms with Crippen LogP contribution in [0.4, 0.5) is 4.79 Å². The van der Waals surface area contributed by atoms with Crippen LogP contribution in [-0.2, 0) is 11.3 Å². The zero-order chi connectivity index (χ0) is 20.4. The van der Waals surface area contributed by atoms with E-state index in [-0.39, 0.29) is 35.4 Å². The van der Waals surface area contributed by atoms with Crippen molar-refractivity contribution in [2.75, 3.05) is 19.4 Å². The highest BCUT2D eigenvalue weighted by Crippen LogP contribution is 2.34.